The Hall–Kier alpha value is -2.13. The molecule has 3 nitrogen and oxygen atoms in total. The Bertz CT molecular complexity index is 628. The molecule has 2 N–H and O–H groups in total. The van der Waals surface area contributed by atoms with E-state index in [4.69, 9.17) is 0 Å². The molecule has 0 bridgehead atoms. The Morgan fingerprint density at radius 1 is 1.16 bits per heavy atom. The molecule has 0 saturated heterocycles. The molecular formula is C16H16N2O. The maximum atomic E-state index is 10.2. The number of aliphatic hydroxyl groups is 1. The topological polar surface area (TPSA) is 48.9 Å². The maximum absolute atomic E-state index is 10.2. The number of aromatic amines is 1. The number of nitrogens with zero attached hydrogens (tertiary/aromatic N) is 1. The predicted octanol–water partition coefficient (Wildman–Crippen LogP) is 3.23. The molecule has 3 aromatic rings. The van der Waals surface area contributed by atoms with Crippen LogP contribution in [0.4, 0.5) is 0 Å². The highest BCUT2D eigenvalue weighted by Crippen LogP contribution is 2.22. The molecule has 0 radical (unpaired) electrons. The summed E-state index contributed by atoms with van der Waals surface area (Å²) < 4.78 is 0. The SMILES string of the molecule is O[C@H](CCc1ccccc1)c1cc2ccncc2[nH]1. The third kappa shape index (κ3) is 2.66. The molecule has 0 aliphatic carbocycles. The van der Waals surface area contributed by atoms with Crippen LogP contribution in [-0.4, -0.2) is 15.1 Å². The molecule has 0 spiro atoms. The Kier molecular flexibility index (Phi) is 3.29. The van der Waals surface area contributed by atoms with Crippen LogP contribution in [0.2, 0.25) is 0 Å². The molecule has 0 saturated carbocycles. The van der Waals surface area contributed by atoms with Gasteiger partial charge in [0.25, 0.3) is 0 Å². The van der Waals surface area contributed by atoms with E-state index in [1.54, 1.807) is 12.4 Å². The van der Waals surface area contributed by atoms with Crippen molar-refractivity contribution in [1.82, 2.24) is 9.97 Å². The maximum Gasteiger partial charge on any atom is 0.0941 e. The van der Waals surface area contributed by atoms with Crippen LogP contribution in [0.1, 0.15) is 23.8 Å². The molecular weight excluding hydrogens is 236 g/mol. The van der Waals surface area contributed by atoms with Gasteiger partial charge in [-0.1, -0.05) is 30.3 Å². The van der Waals surface area contributed by atoms with Crippen LogP contribution in [0.25, 0.3) is 10.9 Å². The number of pyridine rings is 1. The smallest absolute Gasteiger partial charge is 0.0941 e. The van der Waals surface area contributed by atoms with Crippen LogP contribution >= 0.6 is 0 Å². The Balaban J connectivity index is 1.71. The van der Waals surface area contributed by atoms with Crippen LogP contribution in [0.15, 0.2) is 54.9 Å². The first-order chi connectivity index (χ1) is 9.33. The van der Waals surface area contributed by atoms with Crippen LogP contribution in [0, 0.1) is 0 Å². The molecule has 3 heteroatoms. The molecule has 2 aromatic heterocycles. The summed E-state index contributed by atoms with van der Waals surface area (Å²) in [7, 11) is 0. The lowest BCUT2D eigenvalue weighted by Gasteiger charge is -2.08. The van der Waals surface area contributed by atoms with Gasteiger partial charge in [-0.2, -0.15) is 0 Å². The second kappa shape index (κ2) is 5.24. The van der Waals surface area contributed by atoms with Crippen molar-refractivity contribution in [2.24, 2.45) is 0 Å². The summed E-state index contributed by atoms with van der Waals surface area (Å²) in [6.07, 6.45) is 4.66. The van der Waals surface area contributed by atoms with Crippen molar-refractivity contribution in [3.05, 3.63) is 66.1 Å². The van der Waals surface area contributed by atoms with Gasteiger partial charge >= 0.3 is 0 Å². The number of aliphatic hydroxyl groups excluding tert-OH is 1. The van der Waals surface area contributed by atoms with Crippen LogP contribution in [0.3, 0.4) is 0 Å². The van der Waals surface area contributed by atoms with Crippen LogP contribution in [0.5, 0.6) is 0 Å². The first-order valence-corrected chi connectivity index (χ1v) is 6.47. The average Bonchev–Trinajstić information content (AvgIpc) is 2.90. The van der Waals surface area contributed by atoms with E-state index in [0.29, 0.717) is 6.42 Å². The quantitative estimate of drug-likeness (QED) is 0.749. The second-order valence-electron chi connectivity index (χ2n) is 4.73. The zero-order valence-corrected chi connectivity index (χ0v) is 10.6. The fourth-order valence-corrected chi connectivity index (χ4v) is 2.28. The number of aryl methyl sites for hydroxylation is 1. The minimum Gasteiger partial charge on any atom is -0.387 e. The number of aromatic nitrogens is 2. The van der Waals surface area contributed by atoms with E-state index in [0.717, 1.165) is 23.0 Å². The van der Waals surface area contributed by atoms with Crippen molar-refractivity contribution in [3.63, 3.8) is 0 Å². The van der Waals surface area contributed by atoms with Crippen LogP contribution in [-0.2, 0) is 6.42 Å². The predicted molar refractivity (Wildman–Crippen MR) is 75.8 cm³/mol. The standard InChI is InChI=1S/C16H16N2O/c19-16(7-6-12-4-2-1-3-5-12)14-10-13-8-9-17-11-15(13)18-14/h1-5,8-11,16,18-19H,6-7H2/t16-/m1/s1. The summed E-state index contributed by atoms with van der Waals surface area (Å²) in [5, 5.41) is 11.3. The van der Waals surface area contributed by atoms with Crippen molar-refractivity contribution in [1.29, 1.82) is 0 Å². The highest BCUT2D eigenvalue weighted by atomic mass is 16.3. The third-order valence-electron chi connectivity index (χ3n) is 3.35. The minimum atomic E-state index is -0.465. The number of hydrogen-bond acceptors (Lipinski definition) is 2. The van der Waals surface area contributed by atoms with Gasteiger partial charge in [-0.3, -0.25) is 4.98 Å². The van der Waals surface area contributed by atoms with Crippen molar-refractivity contribution in [2.45, 2.75) is 18.9 Å². The Labute approximate surface area is 111 Å². The first kappa shape index (κ1) is 11.9. The minimum absolute atomic E-state index is 0.465. The number of rotatable bonds is 4. The van der Waals surface area contributed by atoms with E-state index < -0.39 is 6.10 Å². The molecule has 0 unspecified atom stereocenters. The lowest BCUT2D eigenvalue weighted by molar-refractivity contribution is 0.164. The zero-order chi connectivity index (χ0) is 13.1. The Morgan fingerprint density at radius 3 is 2.79 bits per heavy atom. The van der Waals surface area contributed by atoms with Gasteiger partial charge in [0.15, 0.2) is 0 Å². The molecule has 1 atom stereocenters. The van der Waals surface area contributed by atoms with E-state index in [2.05, 4.69) is 22.1 Å². The van der Waals surface area contributed by atoms with Gasteiger partial charge in [-0.25, -0.2) is 0 Å². The van der Waals surface area contributed by atoms with Gasteiger partial charge in [0, 0.05) is 17.3 Å². The number of hydrogen-bond donors (Lipinski definition) is 2. The molecule has 1 aromatic carbocycles. The van der Waals surface area contributed by atoms with E-state index >= 15 is 0 Å². The van der Waals surface area contributed by atoms with Crippen molar-refractivity contribution < 1.29 is 5.11 Å². The highest BCUT2D eigenvalue weighted by Gasteiger charge is 2.10. The van der Waals surface area contributed by atoms with Crippen molar-refractivity contribution >= 4 is 10.9 Å². The van der Waals surface area contributed by atoms with Crippen LogP contribution < -0.4 is 0 Å². The monoisotopic (exact) mass is 252 g/mol. The van der Waals surface area contributed by atoms with Gasteiger partial charge < -0.3 is 10.1 Å². The average molecular weight is 252 g/mol. The van der Waals surface area contributed by atoms with Gasteiger partial charge in [0.05, 0.1) is 17.8 Å². The van der Waals surface area contributed by atoms with Crippen molar-refractivity contribution in [2.75, 3.05) is 0 Å². The van der Waals surface area contributed by atoms with Gasteiger partial charge in [0.2, 0.25) is 0 Å². The molecule has 19 heavy (non-hydrogen) atoms. The highest BCUT2D eigenvalue weighted by molar-refractivity contribution is 5.79. The lowest BCUT2D eigenvalue weighted by Crippen LogP contribution is -1.99. The van der Waals surface area contributed by atoms with E-state index in [-0.39, 0.29) is 0 Å². The molecule has 0 aliphatic heterocycles. The summed E-state index contributed by atoms with van der Waals surface area (Å²) in [6.45, 7) is 0. The summed E-state index contributed by atoms with van der Waals surface area (Å²) in [5.41, 5.74) is 3.08. The summed E-state index contributed by atoms with van der Waals surface area (Å²) in [4.78, 5) is 7.29. The van der Waals surface area contributed by atoms with E-state index in [1.807, 2.05) is 30.3 Å². The van der Waals surface area contributed by atoms with E-state index in [1.165, 1.54) is 5.56 Å². The molecule has 0 amide bonds. The number of H-pyrrole nitrogens is 1. The fraction of sp³-hybridized carbons (Fsp3) is 0.188. The molecule has 0 aliphatic rings. The number of nitrogens with one attached hydrogen (secondary N) is 1. The third-order valence-corrected chi connectivity index (χ3v) is 3.35. The summed E-state index contributed by atoms with van der Waals surface area (Å²) in [6, 6.07) is 14.2. The van der Waals surface area contributed by atoms with Gasteiger partial charge in [-0.05, 0) is 30.5 Å². The first-order valence-electron chi connectivity index (χ1n) is 6.47. The number of benzene rings is 1. The fourth-order valence-electron chi connectivity index (χ4n) is 2.28. The van der Waals surface area contributed by atoms with Gasteiger partial charge in [0.1, 0.15) is 0 Å². The molecule has 96 valence electrons. The number of fused-ring (bicyclic) bond motifs is 1. The molecule has 0 fully saturated rings. The van der Waals surface area contributed by atoms with Gasteiger partial charge in [-0.15, -0.1) is 0 Å². The molecule has 2 heterocycles. The van der Waals surface area contributed by atoms with E-state index in [9.17, 15) is 5.11 Å². The second-order valence-corrected chi connectivity index (χ2v) is 4.73. The van der Waals surface area contributed by atoms with Crippen molar-refractivity contribution in [3.8, 4) is 0 Å². The normalized spacial score (nSPS) is 12.7. The summed E-state index contributed by atoms with van der Waals surface area (Å²) in [5.74, 6) is 0. The summed E-state index contributed by atoms with van der Waals surface area (Å²) >= 11 is 0. The largest absolute Gasteiger partial charge is 0.387 e. The lowest BCUT2D eigenvalue weighted by atomic mass is 10.1. The zero-order valence-electron chi connectivity index (χ0n) is 10.6. The molecule has 3 rings (SSSR count). The Morgan fingerprint density at radius 2 is 2.00 bits per heavy atom.